The lowest BCUT2D eigenvalue weighted by molar-refractivity contribution is -0.115. The van der Waals surface area contributed by atoms with Crippen LogP contribution in [0.15, 0.2) is 24.3 Å². The van der Waals surface area contributed by atoms with Crippen molar-refractivity contribution in [1.82, 2.24) is 4.98 Å². The lowest BCUT2D eigenvalue weighted by atomic mass is 10.1. The Morgan fingerprint density at radius 2 is 2.04 bits per heavy atom. The second kappa shape index (κ2) is 6.02. The molecule has 4 rings (SSSR count). The number of para-hydroxylation sites is 2. The molecular weight excluding hydrogens is 322 g/mol. The Balaban J connectivity index is 1.68. The minimum absolute atomic E-state index is 0.0476. The summed E-state index contributed by atoms with van der Waals surface area (Å²) in [5, 5.41) is 3.89. The number of thiazole rings is 1. The molecule has 1 aliphatic carbocycles. The molecule has 1 saturated carbocycles. The van der Waals surface area contributed by atoms with E-state index in [-0.39, 0.29) is 18.4 Å². The van der Waals surface area contributed by atoms with Crippen LogP contribution in [0.5, 0.6) is 0 Å². The Hall–Kier alpha value is -2.21. The highest BCUT2D eigenvalue weighted by Crippen LogP contribution is 2.38. The van der Waals surface area contributed by atoms with Crippen LogP contribution in [0, 0.1) is 6.92 Å². The second-order valence-corrected chi connectivity index (χ2v) is 7.44. The number of anilines is 2. The largest absolute Gasteiger partial charge is 0.323 e. The maximum Gasteiger partial charge on any atom is 0.270 e. The highest BCUT2D eigenvalue weighted by Gasteiger charge is 2.31. The molecule has 0 atom stereocenters. The van der Waals surface area contributed by atoms with E-state index in [0.29, 0.717) is 16.5 Å². The summed E-state index contributed by atoms with van der Waals surface area (Å²) >= 11 is 1.50. The van der Waals surface area contributed by atoms with Gasteiger partial charge in [-0.05, 0) is 31.9 Å². The van der Waals surface area contributed by atoms with Gasteiger partial charge in [0.15, 0.2) is 0 Å². The van der Waals surface area contributed by atoms with Gasteiger partial charge in [-0.25, -0.2) is 4.98 Å². The second-order valence-electron chi connectivity index (χ2n) is 6.40. The van der Waals surface area contributed by atoms with Crippen molar-refractivity contribution >= 4 is 34.5 Å². The molecule has 1 aromatic heterocycles. The van der Waals surface area contributed by atoms with E-state index in [1.165, 1.54) is 24.2 Å². The number of hydrogen-bond donors (Lipinski definition) is 1. The van der Waals surface area contributed by atoms with Gasteiger partial charge in [-0.2, -0.15) is 0 Å². The van der Waals surface area contributed by atoms with Crippen molar-refractivity contribution in [3.63, 3.8) is 0 Å². The third-order valence-electron chi connectivity index (χ3n) is 4.73. The van der Waals surface area contributed by atoms with Gasteiger partial charge in [0.05, 0.1) is 22.1 Å². The first-order valence-corrected chi connectivity index (χ1v) is 9.13. The standard InChI is InChI=1S/C18H19N3O2S/c1-11-16(24-17(19-11)12-6-2-3-7-12)18(23)21-10-15(22)20-13-8-4-5-9-14(13)21/h4-5,8-9,12H,2-3,6-7,10H2,1H3,(H,20,22). The smallest absolute Gasteiger partial charge is 0.270 e. The van der Waals surface area contributed by atoms with Crippen molar-refractivity contribution in [2.24, 2.45) is 0 Å². The molecule has 0 spiro atoms. The Labute approximate surface area is 144 Å². The number of carbonyl (C=O) groups excluding carboxylic acids is 2. The molecule has 2 aliphatic rings. The fourth-order valence-electron chi connectivity index (χ4n) is 3.50. The predicted molar refractivity (Wildman–Crippen MR) is 94.8 cm³/mol. The third kappa shape index (κ3) is 2.60. The van der Waals surface area contributed by atoms with E-state index in [4.69, 9.17) is 0 Å². The van der Waals surface area contributed by atoms with Gasteiger partial charge < -0.3 is 5.32 Å². The molecule has 2 heterocycles. The zero-order valence-corrected chi connectivity index (χ0v) is 14.4. The first kappa shape index (κ1) is 15.3. The van der Waals surface area contributed by atoms with Crippen molar-refractivity contribution in [3.05, 3.63) is 39.8 Å². The molecule has 24 heavy (non-hydrogen) atoms. The van der Waals surface area contributed by atoms with Crippen LogP contribution in [0.3, 0.4) is 0 Å². The molecule has 0 saturated heterocycles. The van der Waals surface area contributed by atoms with Crippen LogP contribution in [-0.2, 0) is 4.79 Å². The molecule has 1 N–H and O–H groups in total. The van der Waals surface area contributed by atoms with Gasteiger partial charge >= 0.3 is 0 Å². The number of hydrogen-bond acceptors (Lipinski definition) is 4. The number of benzene rings is 1. The van der Waals surface area contributed by atoms with Crippen LogP contribution >= 0.6 is 11.3 Å². The number of nitrogens with one attached hydrogen (secondary N) is 1. The Morgan fingerprint density at radius 3 is 2.83 bits per heavy atom. The van der Waals surface area contributed by atoms with Gasteiger partial charge in [-0.15, -0.1) is 11.3 Å². The average Bonchev–Trinajstić information content (AvgIpc) is 3.22. The Kier molecular flexibility index (Phi) is 3.84. The van der Waals surface area contributed by atoms with E-state index in [0.717, 1.165) is 29.2 Å². The maximum atomic E-state index is 13.1. The molecule has 0 radical (unpaired) electrons. The minimum atomic E-state index is -0.166. The van der Waals surface area contributed by atoms with E-state index in [9.17, 15) is 9.59 Å². The molecule has 6 heteroatoms. The monoisotopic (exact) mass is 341 g/mol. The minimum Gasteiger partial charge on any atom is -0.323 e. The van der Waals surface area contributed by atoms with Crippen molar-refractivity contribution in [2.45, 2.75) is 38.5 Å². The normalized spacial score (nSPS) is 17.7. The highest BCUT2D eigenvalue weighted by molar-refractivity contribution is 7.14. The van der Waals surface area contributed by atoms with Crippen LogP contribution in [0.25, 0.3) is 0 Å². The first-order chi connectivity index (χ1) is 11.6. The quantitative estimate of drug-likeness (QED) is 0.906. The number of amides is 2. The number of aryl methyl sites for hydroxylation is 1. The van der Waals surface area contributed by atoms with Crippen LogP contribution < -0.4 is 10.2 Å². The third-order valence-corrected chi connectivity index (χ3v) is 6.04. The topological polar surface area (TPSA) is 62.3 Å². The summed E-state index contributed by atoms with van der Waals surface area (Å²) in [6, 6.07) is 7.40. The summed E-state index contributed by atoms with van der Waals surface area (Å²) in [4.78, 5) is 31.9. The number of rotatable bonds is 2. The van der Waals surface area contributed by atoms with E-state index >= 15 is 0 Å². The number of carbonyl (C=O) groups is 2. The molecule has 0 bridgehead atoms. The molecular formula is C18H19N3O2S. The van der Waals surface area contributed by atoms with E-state index in [1.54, 1.807) is 4.90 Å². The zero-order valence-electron chi connectivity index (χ0n) is 13.5. The van der Waals surface area contributed by atoms with E-state index in [2.05, 4.69) is 10.3 Å². The number of nitrogens with zero attached hydrogens (tertiary/aromatic N) is 2. The van der Waals surface area contributed by atoms with E-state index < -0.39 is 0 Å². The first-order valence-electron chi connectivity index (χ1n) is 8.31. The van der Waals surface area contributed by atoms with Gasteiger partial charge in [-0.3, -0.25) is 14.5 Å². The molecule has 1 fully saturated rings. The molecule has 0 unspecified atom stereocenters. The molecule has 5 nitrogen and oxygen atoms in total. The van der Waals surface area contributed by atoms with Crippen molar-refractivity contribution in [1.29, 1.82) is 0 Å². The predicted octanol–water partition coefficient (Wildman–Crippen LogP) is 3.71. The fourth-order valence-corrected chi connectivity index (χ4v) is 4.69. The molecule has 1 aromatic carbocycles. The van der Waals surface area contributed by atoms with E-state index in [1.807, 2.05) is 31.2 Å². The summed E-state index contributed by atoms with van der Waals surface area (Å²) in [5.74, 6) is 0.198. The maximum absolute atomic E-state index is 13.1. The van der Waals surface area contributed by atoms with Crippen molar-refractivity contribution < 1.29 is 9.59 Å². The summed E-state index contributed by atoms with van der Waals surface area (Å²) in [7, 11) is 0. The Bertz CT molecular complexity index is 808. The summed E-state index contributed by atoms with van der Waals surface area (Å²) in [5.41, 5.74) is 2.20. The molecule has 124 valence electrons. The van der Waals surface area contributed by atoms with Crippen molar-refractivity contribution in [3.8, 4) is 0 Å². The lowest BCUT2D eigenvalue weighted by Crippen LogP contribution is -2.42. The van der Waals surface area contributed by atoms with Gasteiger partial charge in [0.2, 0.25) is 5.91 Å². The molecule has 2 aromatic rings. The van der Waals surface area contributed by atoms with Gasteiger partial charge in [0.25, 0.3) is 5.91 Å². The fraction of sp³-hybridized carbons (Fsp3) is 0.389. The number of fused-ring (bicyclic) bond motifs is 1. The van der Waals surface area contributed by atoms with Gasteiger partial charge in [0, 0.05) is 5.92 Å². The highest BCUT2D eigenvalue weighted by atomic mass is 32.1. The zero-order chi connectivity index (χ0) is 16.7. The van der Waals surface area contributed by atoms with Crippen LogP contribution in [0.4, 0.5) is 11.4 Å². The number of aromatic nitrogens is 1. The van der Waals surface area contributed by atoms with Gasteiger partial charge in [0.1, 0.15) is 11.4 Å². The molecule has 1 aliphatic heterocycles. The van der Waals surface area contributed by atoms with Crippen LogP contribution in [0.2, 0.25) is 0 Å². The summed E-state index contributed by atoms with van der Waals surface area (Å²) < 4.78 is 0. The van der Waals surface area contributed by atoms with Crippen LogP contribution in [0.1, 0.15) is 52.0 Å². The molecule has 2 amide bonds. The summed E-state index contributed by atoms with van der Waals surface area (Å²) in [6.07, 6.45) is 4.81. The Morgan fingerprint density at radius 1 is 1.29 bits per heavy atom. The SMILES string of the molecule is Cc1nc(C2CCCC2)sc1C(=O)N1CC(=O)Nc2ccccc21. The summed E-state index contributed by atoms with van der Waals surface area (Å²) in [6.45, 7) is 1.93. The average molecular weight is 341 g/mol. The van der Waals surface area contributed by atoms with Gasteiger partial charge in [-0.1, -0.05) is 25.0 Å². The van der Waals surface area contributed by atoms with Crippen molar-refractivity contribution in [2.75, 3.05) is 16.8 Å². The lowest BCUT2D eigenvalue weighted by Gasteiger charge is -2.28. The van der Waals surface area contributed by atoms with Crippen LogP contribution in [-0.4, -0.2) is 23.3 Å².